The van der Waals surface area contributed by atoms with Gasteiger partial charge in [0.25, 0.3) is 0 Å². The maximum absolute atomic E-state index is 13.6. The monoisotopic (exact) mass is 487 g/mol. The summed E-state index contributed by atoms with van der Waals surface area (Å²) < 4.78 is 5.25. The van der Waals surface area contributed by atoms with Gasteiger partial charge in [0.05, 0.1) is 19.1 Å². The highest BCUT2D eigenvalue weighted by Crippen LogP contribution is 2.41. The predicted molar refractivity (Wildman–Crippen MR) is 129 cm³/mol. The molecule has 1 aromatic carbocycles. The molecular formula is C26H37N3O6. The molecule has 0 aromatic heterocycles. The number of nitrogens with zero attached hydrogens (tertiary/aromatic N) is 1. The Balaban J connectivity index is 1.68. The average Bonchev–Trinajstić information content (AvgIpc) is 3.43. The molecule has 0 unspecified atom stereocenters. The van der Waals surface area contributed by atoms with Gasteiger partial charge in [-0.05, 0) is 57.4 Å². The third-order valence-corrected chi connectivity index (χ3v) is 6.99. The van der Waals surface area contributed by atoms with Crippen molar-refractivity contribution in [2.24, 2.45) is 5.92 Å². The van der Waals surface area contributed by atoms with Crippen LogP contribution in [0.25, 0.3) is 0 Å². The lowest BCUT2D eigenvalue weighted by atomic mass is 10.0. The van der Waals surface area contributed by atoms with E-state index >= 15 is 0 Å². The standard InChI is InChI=1S/C26H37N3O6/c1-3-35-26(34)20(13-12-18-8-5-4-6-9-18)28-17(2)25(33)29-21-11-7-10-19(21)16-22(29)24(32)27-15-14-23(30)31/h4-6,8-9,17,19-22,28H,3,7,10-16H2,1-2H3,(H,27,32)(H,30,31)/t17-,19-,20-,21-,22-/m0/s1. The molecule has 0 spiro atoms. The van der Waals surface area contributed by atoms with Crippen LogP contribution < -0.4 is 10.6 Å². The molecule has 3 rings (SSSR count). The van der Waals surface area contributed by atoms with Crippen molar-refractivity contribution in [2.45, 2.75) is 83.0 Å². The SMILES string of the molecule is CCOC(=O)[C@H](CCc1ccccc1)N[C@@H](C)C(=O)N1[C@H](C(=O)NCCC(=O)O)C[C@@H]2CCC[C@@H]21. The van der Waals surface area contributed by atoms with Crippen LogP contribution in [0.5, 0.6) is 0 Å². The highest BCUT2D eigenvalue weighted by Gasteiger charge is 2.49. The topological polar surface area (TPSA) is 125 Å². The first-order valence-corrected chi connectivity index (χ1v) is 12.6. The van der Waals surface area contributed by atoms with Gasteiger partial charge in [0, 0.05) is 12.6 Å². The van der Waals surface area contributed by atoms with E-state index in [0.29, 0.717) is 19.3 Å². The van der Waals surface area contributed by atoms with E-state index in [-0.39, 0.29) is 43.3 Å². The summed E-state index contributed by atoms with van der Waals surface area (Å²) in [6, 6.07) is 7.85. The van der Waals surface area contributed by atoms with Gasteiger partial charge in [0.1, 0.15) is 12.1 Å². The molecule has 2 aliphatic rings. The molecule has 35 heavy (non-hydrogen) atoms. The number of carboxylic acids is 1. The molecule has 192 valence electrons. The number of carbonyl (C=O) groups excluding carboxylic acids is 3. The number of carboxylic acid groups (broad SMARTS) is 1. The van der Waals surface area contributed by atoms with E-state index in [4.69, 9.17) is 9.84 Å². The van der Waals surface area contributed by atoms with Crippen LogP contribution in [0.4, 0.5) is 0 Å². The Morgan fingerprint density at radius 1 is 1.17 bits per heavy atom. The molecule has 2 fully saturated rings. The molecule has 1 heterocycles. The smallest absolute Gasteiger partial charge is 0.323 e. The number of amides is 2. The minimum atomic E-state index is -0.986. The van der Waals surface area contributed by atoms with Crippen molar-refractivity contribution >= 4 is 23.8 Å². The molecule has 2 amide bonds. The predicted octanol–water partition coefficient (Wildman–Crippen LogP) is 1.89. The molecule has 3 N–H and O–H groups in total. The summed E-state index contributed by atoms with van der Waals surface area (Å²) in [5.41, 5.74) is 1.09. The number of aliphatic carboxylic acids is 1. The van der Waals surface area contributed by atoms with E-state index in [1.165, 1.54) is 0 Å². The van der Waals surface area contributed by atoms with Crippen LogP contribution in [-0.4, -0.2) is 71.1 Å². The lowest BCUT2D eigenvalue weighted by Gasteiger charge is -2.33. The zero-order valence-electron chi connectivity index (χ0n) is 20.6. The van der Waals surface area contributed by atoms with Crippen LogP contribution in [0.15, 0.2) is 30.3 Å². The van der Waals surface area contributed by atoms with Gasteiger partial charge in [-0.1, -0.05) is 36.8 Å². The van der Waals surface area contributed by atoms with Crippen LogP contribution in [0.1, 0.15) is 57.9 Å². The molecule has 5 atom stereocenters. The summed E-state index contributed by atoms with van der Waals surface area (Å²) in [4.78, 5) is 51.6. The second-order valence-electron chi connectivity index (χ2n) is 9.41. The third-order valence-electron chi connectivity index (χ3n) is 6.99. The fourth-order valence-electron chi connectivity index (χ4n) is 5.32. The van der Waals surface area contributed by atoms with Crippen LogP contribution in [0.2, 0.25) is 0 Å². The lowest BCUT2D eigenvalue weighted by Crippen LogP contribution is -2.56. The van der Waals surface area contributed by atoms with Gasteiger partial charge in [-0.3, -0.25) is 24.5 Å². The Kier molecular flexibility index (Phi) is 9.65. The number of nitrogens with one attached hydrogen (secondary N) is 2. The number of fused-ring (bicyclic) bond motifs is 1. The molecule has 1 aromatic rings. The molecular weight excluding hydrogens is 450 g/mol. The van der Waals surface area contributed by atoms with Crippen LogP contribution in [0.3, 0.4) is 0 Å². The second-order valence-corrected chi connectivity index (χ2v) is 9.41. The normalized spacial score (nSPS) is 22.8. The summed E-state index contributed by atoms with van der Waals surface area (Å²) in [6.07, 6.45) is 4.37. The first-order valence-electron chi connectivity index (χ1n) is 12.6. The van der Waals surface area contributed by atoms with Gasteiger partial charge in [-0.15, -0.1) is 0 Å². The van der Waals surface area contributed by atoms with Crippen molar-refractivity contribution in [2.75, 3.05) is 13.2 Å². The highest BCUT2D eigenvalue weighted by atomic mass is 16.5. The van der Waals surface area contributed by atoms with Crippen molar-refractivity contribution in [3.05, 3.63) is 35.9 Å². The Morgan fingerprint density at radius 3 is 2.60 bits per heavy atom. The fourth-order valence-corrected chi connectivity index (χ4v) is 5.32. The zero-order chi connectivity index (χ0) is 25.4. The summed E-state index contributed by atoms with van der Waals surface area (Å²) in [5.74, 6) is -1.65. The minimum Gasteiger partial charge on any atom is -0.481 e. The number of ether oxygens (including phenoxy) is 1. The van der Waals surface area contributed by atoms with Crippen molar-refractivity contribution in [3.63, 3.8) is 0 Å². The molecule has 9 heteroatoms. The maximum atomic E-state index is 13.6. The summed E-state index contributed by atoms with van der Waals surface area (Å²) in [6.45, 7) is 3.75. The Hall–Kier alpha value is -2.94. The quantitative estimate of drug-likeness (QED) is 0.385. The largest absolute Gasteiger partial charge is 0.481 e. The molecule has 1 aliphatic heterocycles. The zero-order valence-corrected chi connectivity index (χ0v) is 20.6. The first kappa shape index (κ1) is 26.7. The molecule has 0 radical (unpaired) electrons. The molecule has 0 bridgehead atoms. The van der Waals surface area contributed by atoms with Gasteiger partial charge >= 0.3 is 11.9 Å². The van der Waals surface area contributed by atoms with Crippen molar-refractivity contribution in [3.8, 4) is 0 Å². The number of carbonyl (C=O) groups is 4. The Bertz CT molecular complexity index is 892. The number of likely N-dealkylation sites (tertiary alicyclic amines) is 1. The van der Waals surface area contributed by atoms with E-state index in [2.05, 4.69) is 10.6 Å². The molecule has 1 aliphatic carbocycles. The van der Waals surface area contributed by atoms with Gasteiger partial charge in [0.2, 0.25) is 11.8 Å². The first-order chi connectivity index (χ1) is 16.8. The van der Waals surface area contributed by atoms with Crippen LogP contribution in [0, 0.1) is 5.92 Å². The highest BCUT2D eigenvalue weighted by molar-refractivity contribution is 5.91. The van der Waals surface area contributed by atoms with Crippen LogP contribution in [-0.2, 0) is 30.3 Å². The number of rotatable bonds is 12. The summed E-state index contributed by atoms with van der Waals surface area (Å²) in [5, 5.41) is 14.7. The van der Waals surface area contributed by atoms with Crippen molar-refractivity contribution in [1.82, 2.24) is 15.5 Å². The number of aryl methyl sites for hydroxylation is 1. The summed E-state index contributed by atoms with van der Waals surface area (Å²) >= 11 is 0. The number of hydrogen-bond acceptors (Lipinski definition) is 6. The van der Waals surface area contributed by atoms with E-state index in [0.717, 1.165) is 24.8 Å². The molecule has 1 saturated heterocycles. The fraction of sp³-hybridized carbons (Fsp3) is 0.615. The lowest BCUT2D eigenvalue weighted by molar-refractivity contribution is -0.147. The number of esters is 1. The number of benzene rings is 1. The average molecular weight is 488 g/mol. The number of hydrogen-bond donors (Lipinski definition) is 3. The van der Waals surface area contributed by atoms with Crippen molar-refractivity contribution in [1.29, 1.82) is 0 Å². The molecule has 9 nitrogen and oxygen atoms in total. The third kappa shape index (κ3) is 7.04. The summed E-state index contributed by atoms with van der Waals surface area (Å²) in [7, 11) is 0. The van der Waals surface area contributed by atoms with E-state index in [9.17, 15) is 19.2 Å². The van der Waals surface area contributed by atoms with Gasteiger partial charge in [-0.25, -0.2) is 0 Å². The van der Waals surface area contributed by atoms with Gasteiger partial charge < -0.3 is 20.1 Å². The van der Waals surface area contributed by atoms with E-state index in [1.807, 2.05) is 30.3 Å². The van der Waals surface area contributed by atoms with E-state index in [1.54, 1.807) is 18.7 Å². The maximum Gasteiger partial charge on any atom is 0.323 e. The second kappa shape index (κ2) is 12.7. The van der Waals surface area contributed by atoms with Crippen molar-refractivity contribution < 1.29 is 29.0 Å². The molecule has 1 saturated carbocycles. The van der Waals surface area contributed by atoms with Gasteiger partial charge in [0.15, 0.2) is 0 Å². The van der Waals surface area contributed by atoms with Gasteiger partial charge in [-0.2, -0.15) is 0 Å². The Morgan fingerprint density at radius 2 is 1.91 bits per heavy atom. The minimum absolute atomic E-state index is 0.00710. The Labute approximate surface area is 206 Å². The van der Waals surface area contributed by atoms with E-state index < -0.39 is 30.1 Å². The van der Waals surface area contributed by atoms with Crippen LogP contribution >= 0.6 is 0 Å².